The lowest BCUT2D eigenvalue weighted by molar-refractivity contribution is -0.122. The highest BCUT2D eigenvalue weighted by Crippen LogP contribution is 2.32. The third kappa shape index (κ3) is 2.20. The highest BCUT2D eigenvalue weighted by Gasteiger charge is 2.31. The zero-order valence-electron chi connectivity index (χ0n) is 8.80. The Kier molecular flexibility index (Phi) is 3.46. The van der Waals surface area contributed by atoms with Gasteiger partial charge in [0.15, 0.2) is 0 Å². The molecule has 0 saturated carbocycles. The Morgan fingerprint density at radius 1 is 1.62 bits per heavy atom. The average Bonchev–Trinajstić information content (AvgIpc) is 2.84. The van der Waals surface area contributed by atoms with Gasteiger partial charge in [0.25, 0.3) is 5.91 Å². The molecule has 84 valence electrons. The fraction of sp³-hybridized carbons (Fsp3) is 0.273. The van der Waals surface area contributed by atoms with E-state index in [1.165, 1.54) is 11.8 Å². The van der Waals surface area contributed by atoms with Crippen molar-refractivity contribution >= 4 is 40.3 Å². The summed E-state index contributed by atoms with van der Waals surface area (Å²) < 4.78 is 5.80. The smallest absolute Gasteiger partial charge is 0.266 e. The molecule has 3 nitrogen and oxygen atoms in total. The van der Waals surface area contributed by atoms with Gasteiger partial charge in [-0.15, -0.1) is 0 Å². The largest absolute Gasteiger partial charge is 0.465 e. The van der Waals surface area contributed by atoms with Crippen molar-refractivity contribution in [2.75, 3.05) is 6.54 Å². The zero-order chi connectivity index (χ0) is 11.5. The number of thioether (sulfide) groups is 1. The van der Waals surface area contributed by atoms with Crippen LogP contribution in [0.2, 0.25) is 0 Å². The molecule has 1 saturated heterocycles. The van der Waals surface area contributed by atoms with Gasteiger partial charge in [-0.25, -0.2) is 0 Å². The molecule has 2 heterocycles. The molecule has 1 fully saturated rings. The number of furan rings is 1. The molecular weight excluding hydrogens is 242 g/mol. The van der Waals surface area contributed by atoms with Crippen LogP contribution in [-0.4, -0.2) is 21.7 Å². The van der Waals surface area contributed by atoms with Crippen molar-refractivity contribution in [3.8, 4) is 0 Å². The summed E-state index contributed by atoms with van der Waals surface area (Å²) in [5, 5.41) is 0. The van der Waals surface area contributed by atoms with Gasteiger partial charge in [0.1, 0.15) is 10.1 Å². The molecule has 1 aromatic rings. The molecule has 1 aliphatic rings. The second-order valence-corrected chi connectivity index (χ2v) is 5.02. The second-order valence-electron chi connectivity index (χ2n) is 3.35. The van der Waals surface area contributed by atoms with E-state index in [0.29, 0.717) is 21.5 Å². The maximum atomic E-state index is 11.9. The van der Waals surface area contributed by atoms with Crippen LogP contribution in [-0.2, 0) is 4.79 Å². The number of carbonyl (C=O) groups excluding carboxylic acids is 1. The highest BCUT2D eigenvalue weighted by atomic mass is 32.2. The van der Waals surface area contributed by atoms with Gasteiger partial charge in [0.2, 0.25) is 0 Å². The lowest BCUT2D eigenvalue weighted by Gasteiger charge is -2.11. The number of amides is 1. The van der Waals surface area contributed by atoms with Crippen molar-refractivity contribution in [3.05, 3.63) is 29.1 Å². The van der Waals surface area contributed by atoms with Gasteiger partial charge in [-0.2, -0.15) is 0 Å². The SMILES string of the molecule is CCCN1C(=O)/C(=C/c2ccco2)SC1=S. The van der Waals surface area contributed by atoms with Gasteiger partial charge < -0.3 is 4.42 Å². The molecule has 1 amide bonds. The number of rotatable bonds is 3. The van der Waals surface area contributed by atoms with Gasteiger partial charge >= 0.3 is 0 Å². The molecule has 0 radical (unpaired) electrons. The molecule has 1 aromatic heterocycles. The molecule has 2 rings (SSSR count). The number of nitrogens with zero attached hydrogens (tertiary/aromatic N) is 1. The summed E-state index contributed by atoms with van der Waals surface area (Å²) in [6.45, 7) is 2.70. The van der Waals surface area contributed by atoms with Crippen molar-refractivity contribution < 1.29 is 9.21 Å². The van der Waals surface area contributed by atoms with E-state index in [1.807, 2.05) is 13.0 Å². The van der Waals surface area contributed by atoms with Gasteiger partial charge in [-0.05, 0) is 18.6 Å². The van der Waals surface area contributed by atoms with E-state index in [0.717, 1.165) is 6.42 Å². The Morgan fingerprint density at radius 3 is 3.06 bits per heavy atom. The predicted octanol–water partition coefficient (Wildman–Crippen LogP) is 2.89. The summed E-state index contributed by atoms with van der Waals surface area (Å²) in [7, 11) is 0. The topological polar surface area (TPSA) is 33.5 Å². The molecular formula is C11H11NO2S2. The molecule has 16 heavy (non-hydrogen) atoms. The maximum absolute atomic E-state index is 11.9. The first-order chi connectivity index (χ1) is 7.72. The first-order valence-electron chi connectivity index (χ1n) is 5.01. The van der Waals surface area contributed by atoms with Crippen LogP contribution >= 0.6 is 24.0 Å². The van der Waals surface area contributed by atoms with E-state index in [2.05, 4.69) is 0 Å². The van der Waals surface area contributed by atoms with Crippen LogP contribution in [0.15, 0.2) is 27.7 Å². The van der Waals surface area contributed by atoms with Gasteiger partial charge in [0, 0.05) is 12.6 Å². The van der Waals surface area contributed by atoms with Gasteiger partial charge in [0.05, 0.1) is 11.2 Å². The summed E-state index contributed by atoms with van der Waals surface area (Å²) in [6.07, 6.45) is 4.22. The first kappa shape index (κ1) is 11.4. The fourth-order valence-corrected chi connectivity index (χ4v) is 2.71. The van der Waals surface area contributed by atoms with E-state index >= 15 is 0 Å². The van der Waals surface area contributed by atoms with Crippen LogP contribution in [0.1, 0.15) is 19.1 Å². The standard InChI is InChI=1S/C11H11NO2S2/c1-2-5-12-10(13)9(16-11(12)15)7-8-4-3-6-14-8/h3-4,6-7H,2,5H2,1H3/b9-7-. The van der Waals surface area contributed by atoms with Crippen LogP contribution in [0.4, 0.5) is 0 Å². The van der Waals surface area contributed by atoms with Gasteiger partial charge in [-0.3, -0.25) is 9.69 Å². The number of hydrogen-bond acceptors (Lipinski definition) is 4. The third-order valence-electron chi connectivity index (χ3n) is 2.14. The molecule has 0 aliphatic carbocycles. The van der Waals surface area contributed by atoms with Crippen molar-refractivity contribution in [1.82, 2.24) is 4.90 Å². The molecule has 0 aromatic carbocycles. The van der Waals surface area contributed by atoms with Crippen LogP contribution in [0.5, 0.6) is 0 Å². The number of thiocarbonyl (C=S) groups is 1. The third-order valence-corrected chi connectivity index (χ3v) is 3.52. The Hall–Kier alpha value is -1.07. The molecule has 0 atom stereocenters. The molecule has 0 N–H and O–H groups in total. The summed E-state index contributed by atoms with van der Waals surface area (Å²) in [5.74, 6) is 0.658. The first-order valence-corrected chi connectivity index (χ1v) is 6.23. The molecule has 5 heteroatoms. The normalized spacial score (nSPS) is 18.8. The summed E-state index contributed by atoms with van der Waals surface area (Å²) >= 11 is 6.48. The maximum Gasteiger partial charge on any atom is 0.266 e. The minimum Gasteiger partial charge on any atom is -0.465 e. The number of hydrogen-bond donors (Lipinski definition) is 0. The van der Waals surface area contributed by atoms with Crippen molar-refractivity contribution in [3.63, 3.8) is 0 Å². The van der Waals surface area contributed by atoms with E-state index in [-0.39, 0.29) is 5.91 Å². The van der Waals surface area contributed by atoms with Crippen LogP contribution in [0.25, 0.3) is 6.08 Å². The van der Waals surface area contributed by atoms with Crippen molar-refractivity contribution in [2.45, 2.75) is 13.3 Å². The summed E-state index contributed by atoms with van der Waals surface area (Å²) in [5.41, 5.74) is 0. The van der Waals surface area contributed by atoms with Gasteiger partial charge in [-0.1, -0.05) is 30.9 Å². The fourth-order valence-electron chi connectivity index (χ4n) is 1.42. The van der Waals surface area contributed by atoms with E-state index in [4.69, 9.17) is 16.6 Å². The molecule has 0 bridgehead atoms. The van der Waals surface area contributed by atoms with Crippen LogP contribution in [0.3, 0.4) is 0 Å². The second kappa shape index (κ2) is 4.84. The Bertz CT molecular complexity index is 437. The minimum absolute atomic E-state index is 0.0201. The Labute approximate surface area is 103 Å². The molecule has 0 unspecified atom stereocenters. The lowest BCUT2D eigenvalue weighted by atomic mass is 10.3. The van der Waals surface area contributed by atoms with E-state index in [1.54, 1.807) is 23.3 Å². The lowest BCUT2D eigenvalue weighted by Crippen LogP contribution is -2.28. The van der Waals surface area contributed by atoms with Crippen LogP contribution in [0, 0.1) is 0 Å². The summed E-state index contributed by atoms with van der Waals surface area (Å²) in [4.78, 5) is 14.2. The number of carbonyl (C=O) groups is 1. The minimum atomic E-state index is -0.0201. The average molecular weight is 253 g/mol. The molecule has 0 spiro atoms. The predicted molar refractivity (Wildman–Crippen MR) is 68.9 cm³/mol. The summed E-state index contributed by atoms with van der Waals surface area (Å²) in [6, 6.07) is 3.60. The Balaban J connectivity index is 2.20. The van der Waals surface area contributed by atoms with E-state index in [9.17, 15) is 4.79 Å². The van der Waals surface area contributed by atoms with Crippen LogP contribution < -0.4 is 0 Å². The van der Waals surface area contributed by atoms with Crippen molar-refractivity contribution in [2.24, 2.45) is 0 Å². The highest BCUT2D eigenvalue weighted by molar-refractivity contribution is 8.26. The quantitative estimate of drug-likeness (QED) is 0.612. The zero-order valence-corrected chi connectivity index (χ0v) is 10.4. The molecule has 1 aliphatic heterocycles. The van der Waals surface area contributed by atoms with Crippen molar-refractivity contribution in [1.29, 1.82) is 0 Å². The monoisotopic (exact) mass is 253 g/mol. The van der Waals surface area contributed by atoms with E-state index < -0.39 is 0 Å². The Morgan fingerprint density at radius 2 is 2.44 bits per heavy atom.